The van der Waals surface area contributed by atoms with E-state index < -0.39 is 10.0 Å². The van der Waals surface area contributed by atoms with E-state index in [0.29, 0.717) is 18.0 Å². The molecule has 0 fully saturated rings. The van der Waals surface area contributed by atoms with Gasteiger partial charge in [-0.25, -0.2) is 13.1 Å². The summed E-state index contributed by atoms with van der Waals surface area (Å²) in [5.41, 5.74) is 0. The maximum Gasteiger partial charge on any atom is 0.242 e. The van der Waals surface area contributed by atoms with Crippen molar-refractivity contribution in [3.8, 4) is 0 Å². The fraction of sp³-hybridized carbons (Fsp3) is 0.467. The van der Waals surface area contributed by atoms with E-state index in [1.54, 1.807) is 11.3 Å². The van der Waals surface area contributed by atoms with Crippen molar-refractivity contribution in [1.82, 2.24) is 10.0 Å². The highest BCUT2D eigenvalue weighted by Crippen LogP contribution is 2.34. The first kappa shape index (κ1) is 16.4. The van der Waals surface area contributed by atoms with E-state index in [-0.39, 0.29) is 0 Å². The number of hydrogen-bond donors (Lipinski definition) is 2. The zero-order valence-corrected chi connectivity index (χ0v) is 14.1. The summed E-state index contributed by atoms with van der Waals surface area (Å²) in [5.74, 6) is 0. The lowest BCUT2D eigenvalue weighted by Crippen LogP contribution is -2.26. The second-order valence-corrected chi connectivity index (χ2v) is 7.72. The highest BCUT2D eigenvalue weighted by Gasteiger charge is 2.23. The van der Waals surface area contributed by atoms with Crippen LogP contribution < -0.4 is 10.0 Å². The molecule has 4 nitrogen and oxygen atoms in total. The molecule has 0 saturated heterocycles. The van der Waals surface area contributed by atoms with Gasteiger partial charge < -0.3 is 5.32 Å². The Morgan fingerprint density at radius 2 is 1.95 bits per heavy atom. The summed E-state index contributed by atoms with van der Waals surface area (Å²) < 4.78 is 29.0. The van der Waals surface area contributed by atoms with Crippen molar-refractivity contribution in [1.29, 1.82) is 0 Å². The lowest BCUT2D eigenvalue weighted by atomic mass is 10.2. The van der Waals surface area contributed by atoms with Crippen LogP contribution in [0.25, 0.3) is 10.1 Å². The average molecular weight is 326 g/mol. The van der Waals surface area contributed by atoms with Crippen LogP contribution in [0.1, 0.15) is 31.6 Å². The largest absolute Gasteiger partial charge is 0.312 e. The number of hydrogen-bond acceptors (Lipinski definition) is 4. The Bertz CT molecular complexity index is 693. The smallest absolute Gasteiger partial charge is 0.242 e. The fourth-order valence-electron chi connectivity index (χ4n) is 2.18. The van der Waals surface area contributed by atoms with E-state index in [1.165, 1.54) is 0 Å². The maximum atomic E-state index is 12.6. The van der Waals surface area contributed by atoms with Gasteiger partial charge in [-0.1, -0.05) is 38.5 Å². The fourth-order valence-corrected chi connectivity index (χ4v) is 5.16. The van der Waals surface area contributed by atoms with Crippen molar-refractivity contribution in [2.75, 3.05) is 13.1 Å². The van der Waals surface area contributed by atoms with Gasteiger partial charge in [0.2, 0.25) is 10.0 Å². The molecule has 1 heterocycles. The van der Waals surface area contributed by atoms with Crippen LogP contribution in [-0.4, -0.2) is 21.5 Å². The van der Waals surface area contributed by atoms with Gasteiger partial charge in [-0.15, -0.1) is 11.3 Å². The first-order valence-electron chi connectivity index (χ1n) is 7.31. The normalized spacial score (nSPS) is 12.1. The molecule has 0 radical (unpaired) electrons. The third kappa shape index (κ3) is 3.83. The number of benzene rings is 1. The molecule has 0 spiro atoms. The molecule has 21 heavy (non-hydrogen) atoms. The number of thiophene rings is 1. The van der Waals surface area contributed by atoms with Crippen LogP contribution in [0.3, 0.4) is 0 Å². The van der Waals surface area contributed by atoms with Gasteiger partial charge in [-0.3, -0.25) is 0 Å². The molecule has 2 aromatic rings. The Balaban J connectivity index is 2.43. The summed E-state index contributed by atoms with van der Waals surface area (Å²) in [6, 6.07) is 7.68. The van der Waals surface area contributed by atoms with Gasteiger partial charge in [0.1, 0.15) is 4.90 Å². The van der Waals surface area contributed by atoms with Gasteiger partial charge in [0, 0.05) is 28.1 Å². The molecule has 0 saturated carbocycles. The minimum Gasteiger partial charge on any atom is -0.312 e. The first-order valence-corrected chi connectivity index (χ1v) is 9.61. The Hall–Kier alpha value is -0.950. The van der Waals surface area contributed by atoms with Gasteiger partial charge in [-0.2, -0.15) is 0 Å². The molecular weight excluding hydrogens is 304 g/mol. The summed E-state index contributed by atoms with van der Waals surface area (Å²) in [4.78, 5) is 1.32. The molecule has 0 aliphatic rings. The summed E-state index contributed by atoms with van der Waals surface area (Å²) in [7, 11) is -3.46. The van der Waals surface area contributed by atoms with Crippen LogP contribution in [0.15, 0.2) is 29.2 Å². The third-order valence-electron chi connectivity index (χ3n) is 3.24. The minimum atomic E-state index is -3.46. The van der Waals surface area contributed by atoms with Gasteiger partial charge in [0.25, 0.3) is 0 Å². The predicted octanol–water partition coefficient (Wildman–Crippen LogP) is 3.09. The van der Waals surface area contributed by atoms with Crippen molar-refractivity contribution in [2.24, 2.45) is 0 Å². The van der Waals surface area contributed by atoms with Crippen LogP contribution >= 0.6 is 11.3 Å². The second-order valence-electron chi connectivity index (χ2n) is 4.88. The van der Waals surface area contributed by atoms with E-state index in [2.05, 4.69) is 10.0 Å². The van der Waals surface area contributed by atoms with E-state index in [9.17, 15) is 8.42 Å². The van der Waals surface area contributed by atoms with Crippen molar-refractivity contribution >= 4 is 31.4 Å². The van der Waals surface area contributed by atoms with Crippen molar-refractivity contribution < 1.29 is 8.42 Å². The van der Waals surface area contributed by atoms with Gasteiger partial charge in [0.15, 0.2) is 0 Å². The van der Waals surface area contributed by atoms with Crippen LogP contribution in [0.4, 0.5) is 0 Å². The second kappa shape index (κ2) is 7.35. The molecule has 0 aliphatic heterocycles. The zero-order valence-electron chi connectivity index (χ0n) is 12.5. The van der Waals surface area contributed by atoms with Crippen LogP contribution in [0.5, 0.6) is 0 Å². The molecule has 0 bridgehead atoms. The zero-order chi connectivity index (χ0) is 15.3. The van der Waals surface area contributed by atoms with Crippen molar-refractivity contribution in [3.63, 3.8) is 0 Å². The highest BCUT2D eigenvalue weighted by atomic mass is 32.2. The summed E-state index contributed by atoms with van der Waals surface area (Å²) in [5, 5.41) is 4.04. The molecule has 0 unspecified atom stereocenters. The molecule has 2 rings (SSSR count). The third-order valence-corrected chi connectivity index (χ3v) is 6.13. The number of fused-ring (bicyclic) bond motifs is 1. The molecule has 1 aromatic carbocycles. The topological polar surface area (TPSA) is 58.2 Å². The summed E-state index contributed by atoms with van der Waals surface area (Å²) in [6.45, 7) is 5.95. The first-order chi connectivity index (χ1) is 10.1. The van der Waals surface area contributed by atoms with E-state index in [1.807, 2.05) is 38.1 Å². The summed E-state index contributed by atoms with van der Waals surface area (Å²) in [6.07, 6.45) is 1.82. The summed E-state index contributed by atoms with van der Waals surface area (Å²) >= 11 is 1.55. The van der Waals surface area contributed by atoms with E-state index in [4.69, 9.17) is 0 Å². The Labute approximate surface area is 130 Å². The number of nitrogens with one attached hydrogen (secondary N) is 2. The monoisotopic (exact) mass is 326 g/mol. The molecule has 0 amide bonds. The molecule has 1 aromatic heterocycles. The van der Waals surface area contributed by atoms with Gasteiger partial charge >= 0.3 is 0 Å². The lowest BCUT2D eigenvalue weighted by Gasteiger charge is -2.08. The minimum absolute atomic E-state index is 0.445. The maximum absolute atomic E-state index is 12.6. The molecule has 6 heteroatoms. The van der Waals surface area contributed by atoms with Crippen molar-refractivity contribution in [2.45, 2.75) is 38.1 Å². The SMILES string of the molecule is CCCCNS(=O)(=O)c1c(CNCC)sc2ccccc12. The predicted molar refractivity (Wildman–Crippen MR) is 89.3 cm³/mol. The molecule has 116 valence electrons. The number of rotatable bonds is 8. The molecule has 0 atom stereocenters. The van der Waals surface area contributed by atoms with Crippen molar-refractivity contribution in [3.05, 3.63) is 29.1 Å². The standard InChI is InChI=1S/C15H22N2O2S2/c1-3-5-10-17-21(18,19)15-12-8-6-7-9-13(12)20-14(15)11-16-4-2/h6-9,16-17H,3-5,10-11H2,1-2H3. The van der Waals surface area contributed by atoms with E-state index in [0.717, 1.165) is 34.3 Å². The van der Waals surface area contributed by atoms with E-state index >= 15 is 0 Å². The van der Waals surface area contributed by atoms with Crippen LogP contribution in [-0.2, 0) is 16.6 Å². The molecule has 0 aliphatic carbocycles. The Morgan fingerprint density at radius 3 is 2.67 bits per heavy atom. The van der Waals surface area contributed by atoms with Gasteiger partial charge in [-0.05, 0) is 19.0 Å². The lowest BCUT2D eigenvalue weighted by molar-refractivity contribution is 0.577. The quantitative estimate of drug-likeness (QED) is 0.733. The molecule has 2 N–H and O–H groups in total. The van der Waals surface area contributed by atoms with Crippen LogP contribution in [0, 0.1) is 0 Å². The highest BCUT2D eigenvalue weighted by molar-refractivity contribution is 7.90. The number of sulfonamides is 1. The Morgan fingerprint density at radius 1 is 1.19 bits per heavy atom. The number of unbranched alkanes of at least 4 members (excludes halogenated alkanes) is 1. The molecular formula is C15H22N2O2S2. The Kier molecular flexibility index (Phi) is 5.75. The van der Waals surface area contributed by atoms with Gasteiger partial charge in [0.05, 0.1) is 0 Å². The average Bonchev–Trinajstić information content (AvgIpc) is 2.84. The van der Waals surface area contributed by atoms with Crippen LogP contribution in [0.2, 0.25) is 0 Å².